The van der Waals surface area contributed by atoms with Gasteiger partial charge in [0.15, 0.2) is 6.10 Å². The molecule has 1 saturated heterocycles. The van der Waals surface area contributed by atoms with Crippen molar-refractivity contribution in [1.82, 2.24) is 10.2 Å². The van der Waals surface area contributed by atoms with Crippen molar-refractivity contribution in [3.63, 3.8) is 0 Å². The smallest absolute Gasteiger partial charge is 0.408 e. The van der Waals surface area contributed by atoms with Crippen LogP contribution < -0.4 is 5.32 Å². The number of carbonyl (C=O) groups excluding carboxylic acids is 1. The Morgan fingerprint density at radius 2 is 2.00 bits per heavy atom. The van der Waals surface area contributed by atoms with E-state index in [1.54, 1.807) is 14.0 Å². The summed E-state index contributed by atoms with van der Waals surface area (Å²) in [7, 11) is 1.54. The molecule has 0 aliphatic carbocycles. The summed E-state index contributed by atoms with van der Waals surface area (Å²) < 4.78 is 4.97. The van der Waals surface area contributed by atoms with Gasteiger partial charge < -0.3 is 10.1 Å². The maximum atomic E-state index is 10.9. The van der Waals surface area contributed by atoms with Crippen molar-refractivity contribution in [2.24, 2.45) is 0 Å². The molecule has 0 radical (unpaired) electrons. The SMILES string of the molecule is CNC(=O)OC(C)C#CCN1CCCCCC1. The third-order valence-electron chi connectivity index (χ3n) is 2.79. The van der Waals surface area contributed by atoms with Crippen LogP contribution in [0.2, 0.25) is 0 Å². The largest absolute Gasteiger partial charge is 0.433 e. The van der Waals surface area contributed by atoms with E-state index in [0.717, 1.165) is 19.6 Å². The van der Waals surface area contributed by atoms with Crippen molar-refractivity contribution >= 4 is 6.09 Å². The second kappa shape index (κ2) is 7.97. The van der Waals surface area contributed by atoms with E-state index < -0.39 is 6.09 Å². The normalized spacial score (nSPS) is 18.5. The molecule has 17 heavy (non-hydrogen) atoms. The standard InChI is InChI=1S/C13H22N2O2/c1-12(17-13(16)14-2)8-7-11-15-9-5-3-4-6-10-15/h12H,3-6,9-11H2,1-2H3,(H,14,16). The minimum absolute atomic E-state index is 0.345. The van der Waals surface area contributed by atoms with Gasteiger partial charge in [0.2, 0.25) is 0 Å². The van der Waals surface area contributed by atoms with Gasteiger partial charge >= 0.3 is 6.09 Å². The van der Waals surface area contributed by atoms with Crippen molar-refractivity contribution < 1.29 is 9.53 Å². The zero-order chi connectivity index (χ0) is 12.5. The van der Waals surface area contributed by atoms with Crippen LogP contribution in [0.4, 0.5) is 4.79 Å². The fourth-order valence-electron chi connectivity index (χ4n) is 1.84. The van der Waals surface area contributed by atoms with E-state index in [1.807, 2.05) is 0 Å². The fourth-order valence-corrected chi connectivity index (χ4v) is 1.84. The van der Waals surface area contributed by atoms with Crippen molar-refractivity contribution in [2.45, 2.75) is 38.7 Å². The molecule has 1 N–H and O–H groups in total. The molecule has 0 aromatic heterocycles. The Kier molecular flexibility index (Phi) is 6.49. The molecular formula is C13H22N2O2. The van der Waals surface area contributed by atoms with E-state index in [1.165, 1.54) is 25.7 Å². The Morgan fingerprint density at radius 3 is 2.59 bits per heavy atom. The molecule has 1 rings (SSSR count). The van der Waals surface area contributed by atoms with E-state index in [9.17, 15) is 4.79 Å². The van der Waals surface area contributed by atoms with E-state index in [2.05, 4.69) is 22.1 Å². The lowest BCUT2D eigenvalue weighted by molar-refractivity contribution is 0.132. The van der Waals surface area contributed by atoms with Crippen LogP contribution in [0.1, 0.15) is 32.6 Å². The van der Waals surface area contributed by atoms with Crippen molar-refractivity contribution in [3.8, 4) is 11.8 Å². The van der Waals surface area contributed by atoms with Crippen molar-refractivity contribution in [2.75, 3.05) is 26.7 Å². The number of nitrogens with one attached hydrogen (secondary N) is 1. The summed E-state index contributed by atoms with van der Waals surface area (Å²) in [6.07, 6.45) is 4.43. The van der Waals surface area contributed by atoms with Gasteiger partial charge in [0.1, 0.15) is 0 Å². The molecule has 1 aliphatic heterocycles. The molecule has 1 aliphatic rings. The van der Waals surface area contributed by atoms with Gasteiger partial charge in [0, 0.05) is 7.05 Å². The molecule has 1 fully saturated rings. The quantitative estimate of drug-likeness (QED) is 0.743. The minimum Gasteiger partial charge on any atom is -0.433 e. The zero-order valence-corrected chi connectivity index (χ0v) is 10.8. The first-order valence-corrected chi connectivity index (χ1v) is 6.31. The van der Waals surface area contributed by atoms with E-state index in [0.29, 0.717) is 0 Å². The lowest BCUT2D eigenvalue weighted by Gasteiger charge is -2.15. The minimum atomic E-state index is -0.429. The first-order valence-electron chi connectivity index (χ1n) is 6.31. The summed E-state index contributed by atoms with van der Waals surface area (Å²) in [5.41, 5.74) is 0. The summed E-state index contributed by atoms with van der Waals surface area (Å²) in [6, 6.07) is 0. The van der Waals surface area contributed by atoms with Crippen LogP contribution in [-0.2, 0) is 4.74 Å². The summed E-state index contributed by atoms with van der Waals surface area (Å²) in [6.45, 7) is 4.84. The van der Waals surface area contributed by atoms with Gasteiger partial charge in [-0.25, -0.2) is 4.79 Å². The molecule has 1 amide bonds. The van der Waals surface area contributed by atoms with Crippen LogP contribution in [0.5, 0.6) is 0 Å². The third kappa shape index (κ3) is 6.18. The molecule has 0 spiro atoms. The van der Waals surface area contributed by atoms with Gasteiger partial charge in [-0.2, -0.15) is 0 Å². The Hall–Kier alpha value is -1.21. The first-order chi connectivity index (χ1) is 8.22. The number of nitrogens with zero attached hydrogens (tertiary/aromatic N) is 1. The Labute approximate surface area is 104 Å². The maximum Gasteiger partial charge on any atom is 0.408 e. The number of carbonyl (C=O) groups is 1. The summed E-state index contributed by atoms with van der Waals surface area (Å²) in [5.74, 6) is 6.02. The molecule has 1 atom stereocenters. The predicted octanol–water partition coefficient (Wildman–Crippen LogP) is 1.61. The molecule has 1 unspecified atom stereocenters. The van der Waals surface area contributed by atoms with E-state index in [4.69, 9.17) is 4.74 Å². The zero-order valence-electron chi connectivity index (χ0n) is 10.8. The van der Waals surface area contributed by atoms with Crippen molar-refractivity contribution in [3.05, 3.63) is 0 Å². The predicted molar refractivity (Wildman–Crippen MR) is 67.7 cm³/mol. The van der Waals surface area contributed by atoms with Gasteiger partial charge in [-0.1, -0.05) is 24.7 Å². The average Bonchev–Trinajstić information content (AvgIpc) is 2.57. The highest BCUT2D eigenvalue weighted by Crippen LogP contribution is 2.08. The second-order valence-corrected chi connectivity index (χ2v) is 4.31. The average molecular weight is 238 g/mol. The highest BCUT2D eigenvalue weighted by atomic mass is 16.6. The monoisotopic (exact) mass is 238 g/mol. The number of hydrogen-bond acceptors (Lipinski definition) is 3. The number of hydrogen-bond donors (Lipinski definition) is 1. The second-order valence-electron chi connectivity index (χ2n) is 4.31. The van der Waals surface area contributed by atoms with Crippen LogP contribution in [0, 0.1) is 11.8 Å². The molecule has 96 valence electrons. The third-order valence-corrected chi connectivity index (χ3v) is 2.79. The fraction of sp³-hybridized carbons (Fsp3) is 0.769. The molecule has 0 aromatic rings. The lowest BCUT2D eigenvalue weighted by atomic mass is 10.2. The Bertz CT molecular complexity index is 286. The van der Waals surface area contributed by atoms with Crippen LogP contribution >= 0.6 is 0 Å². The number of rotatable bonds is 2. The maximum absolute atomic E-state index is 10.9. The highest BCUT2D eigenvalue weighted by Gasteiger charge is 2.07. The number of amides is 1. The van der Waals surface area contributed by atoms with Gasteiger partial charge in [-0.05, 0) is 32.9 Å². The van der Waals surface area contributed by atoms with Gasteiger partial charge in [0.25, 0.3) is 0 Å². The Balaban J connectivity index is 2.26. The number of alkyl carbamates (subject to hydrolysis) is 1. The Morgan fingerprint density at radius 1 is 1.35 bits per heavy atom. The van der Waals surface area contributed by atoms with E-state index >= 15 is 0 Å². The number of likely N-dealkylation sites (tertiary alicyclic amines) is 1. The van der Waals surface area contributed by atoms with Crippen LogP contribution in [0.25, 0.3) is 0 Å². The summed E-state index contributed by atoms with van der Waals surface area (Å²) >= 11 is 0. The van der Waals surface area contributed by atoms with Crippen molar-refractivity contribution in [1.29, 1.82) is 0 Å². The molecule has 4 nitrogen and oxygen atoms in total. The van der Waals surface area contributed by atoms with Crippen LogP contribution in [-0.4, -0.2) is 43.8 Å². The lowest BCUT2D eigenvalue weighted by Crippen LogP contribution is -2.25. The molecule has 4 heteroatoms. The summed E-state index contributed by atoms with van der Waals surface area (Å²) in [5, 5.41) is 2.40. The summed E-state index contributed by atoms with van der Waals surface area (Å²) in [4.78, 5) is 13.3. The van der Waals surface area contributed by atoms with E-state index in [-0.39, 0.29) is 6.10 Å². The van der Waals surface area contributed by atoms with Gasteiger partial charge in [0.05, 0.1) is 6.54 Å². The van der Waals surface area contributed by atoms with Crippen LogP contribution in [0.3, 0.4) is 0 Å². The molecule has 0 saturated carbocycles. The molecule has 1 heterocycles. The molecular weight excluding hydrogens is 216 g/mol. The topological polar surface area (TPSA) is 41.6 Å². The van der Waals surface area contributed by atoms with Gasteiger partial charge in [-0.3, -0.25) is 4.90 Å². The first kappa shape index (κ1) is 13.9. The molecule has 0 bridgehead atoms. The highest BCUT2D eigenvalue weighted by molar-refractivity contribution is 5.67. The molecule has 0 aromatic carbocycles. The van der Waals surface area contributed by atoms with Gasteiger partial charge in [-0.15, -0.1) is 0 Å². The number of ether oxygens (including phenoxy) is 1. The van der Waals surface area contributed by atoms with Crippen LogP contribution in [0.15, 0.2) is 0 Å².